The van der Waals surface area contributed by atoms with E-state index in [9.17, 15) is 4.79 Å². The monoisotopic (exact) mass is 375 g/mol. The van der Waals surface area contributed by atoms with Crippen LogP contribution in [0, 0.1) is 6.92 Å². The Kier molecular flexibility index (Phi) is 6.50. The molecule has 0 radical (unpaired) electrons. The van der Waals surface area contributed by atoms with Crippen molar-refractivity contribution in [1.29, 1.82) is 0 Å². The maximum absolute atomic E-state index is 12.7. The average molecular weight is 375 g/mol. The molecule has 2 aromatic carbocycles. The number of rotatable bonds is 7. The molecule has 0 saturated heterocycles. The van der Waals surface area contributed by atoms with Crippen molar-refractivity contribution in [3.05, 3.63) is 71.9 Å². The molecule has 1 heterocycles. The first-order valence-electron chi connectivity index (χ1n) is 9.34. The third kappa shape index (κ3) is 4.81. The Hall–Kier alpha value is -3.05. The topological polar surface area (TPSA) is 55.3 Å². The predicted octanol–water partition coefficient (Wildman–Crippen LogP) is 4.23. The molecule has 5 nitrogen and oxygen atoms in total. The Balaban J connectivity index is 1.88. The fourth-order valence-corrected chi connectivity index (χ4v) is 3.01. The minimum Gasteiger partial charge on any atom is -0.385 e. The van der Waals surface area contributed by atoms with E-state index in [0.29, 0.717) is 24.5 Å². The van der Waals surface area contributed by atoms with Gasteiger partial charge in [0.05, 0.1) is 5.69 Å². The van der Waals surface area contributed by atoms with E-state index in [-0.39, 0.29) is 5.91 Å². The smallest absolute Gasteiger partial charge is 0.253 e. The SMILES string of the molecule is COCCCN(C)C(=O)c1cccc(-c2cc(C)nc(-c3ccccc3)n2)c1. The van der Waals surface area contributed by atoms with E-state index in [4.69, 9.17) is 9.72 Å². The summed E-state index contributed by atoms with van der Waals surface area (Å²) in [6.07, 6.45) is 0.809. The van der Waals surface area contributed by atoms with E-state index in [1.807, 2.05) is 74.6 Å². The van der Waals surface area contributed by atoms with Gasteiger partial charge in [-0.2, -0.15) is 0 Å². The number of carbonyl (C=O) groups is 1. The maximum atomic E-state index is 12.7. The second kappa shape index (κ2) is 9.24. The molecule has 0 aliphatic heterocycles. The number of methoxy groups -OCH3 is 1. The van der Waals surface area contributed by atoms with Crippen molar-refractivity contribution in [2.24, 2.45) is 0 Å². The molecule has 28 heavy (non-hydrogen) atoms. The summed E-state index contributed by atoms with van der Waals surface area (Å²) in [4.78, 5) is 23.7. The zero-order valence-electron chi connectivity index (χ0n) is 16.6. The minimum atomic E-state index is -0.00739. The Morgan fingerprint density at radius 2 is 1.75 bits per heavy atom. The van der Waals surface area contributed by atoms with Gasteiger partial charge in [-0.1, -0.05) is 42.5 Å². The van der Waals surface area contributed by atoms with E-state index < -0.39 is 0 Å². The first-order valence-corrected chi connectivity index (χ1v) is 9.34. The molecular formula is C23H25N3O2. The van der Waals surface area contributed by atoms with Gasteiger partial charge in [-0.3, -0.25) is 4.79 Å². The van der Waals surface area contributed by atoms with Crippen molar-refractivity contribution < 1.29 is 9.53 Å². The molecule has 1 aromatic heterocycles. The highest BCUT2D eigenvalue weighted by atomic mass is 16.5. The standard InChI is InChI=1S/C23H25N3O2/c1-17-15-21(25-22(24-17)18-9-5-4-6-10-18)19-11-7-12-20(16-19)23(27)26(2)13-8-14-28-3/h4-7,9-12,15-16H,8,13-14H2,1-3H3. The molecule has 0 aliphatic carbocycles. The first kappa shape index (κ1) is 19.7. The highest BCUT2D eigenvalue weighted by molar-refractivity contribution is 5.95. The lowest BCUT2D eigenvalue weighted by Crippen LogP contribution is -2.28. The summed E-state index contributed by atoms with van der Waals surface area (Å²) in [7, 11) is 3.48. The summed E-state index contributed by atoms with van der Waals surface area (Å²) in [6, 6.07) is 19.4. The molecule has 0 fully saturated rings. The molecule has 5 heteroatoms. The van der Waals surface area contributed by atoms with Crippen LogP contribution in [0.25, 0.3) is 22.6 Å². The number of amides is 1. The summed E-state index contributed by atoms with van der Waals surface area (Å²) >= 11 is 0. The summed E-state index contributed by atoms with van der Waals surface area (Å²) in [5.74, 6) is 0.677. The number of carbonyl (C=O) groups excluding carboxylic acids is 1. The largest absolute Gasteiger partial charge is 0.385 e. The Bertz CT molecular complexity index is 942. The number of hydrogen-bond donors (Lipinski definition) is 0. The van der Waals surface area contributed by atoms with Crippen LogP contribution in [-0.2, 0) is 4.74 Å². The summed E-state index contributed by atoms with van der Waals surface area (Å²) in [6.45, 7) is 3.25. The van der Waals surface area contributed by atoms with Crippen LogP contribution in [0.4, 0.5) is 0 Å². The van der Waals surface area contributed by atoms with Crippen LogP contribution in [0.1, 0.15) is 22.5 Å². The van der Waals surface area contributed by atoms with Crippen molar-refractivity contribution in [2.75, 3.05) is 27.3 Å². The van der Waals surface area contributed by atoms with Gasteiger partial charge in [0.1, 0.15) is 0 Å². The van der Waals surface area contributed by atoms with E-state index >= 15 is 0 Å². The van der Waals surface area contributed by atoms with Crippen LogP contribution >= 0.6 is 0 Å². The molecule has 0 saturated carbocycles. The number of ether oxygens (including phenoxy) is 1. The second-order valence-electron chi connectivity index (χ2n) is 6.74. The molecule has 0 spiro atoms. The van der Waals surface area contributed by atoms with Gasteiger partial charge in [0.25, 0.3) is 5.91 Å². The number of benzene rings is 2. The normalized spacial score (nSPS) is 10.7. The van der Waals surface area contributed by atoms with Crippen molar-refractivity contribution in [3.63, 3.8) is 0 Å². The van der Waals surface area contributed by atoms with E-state index in [0.717, 1.165) is 28.9 Å². The van der Waals surface area contributed by atoms with Gasteiger partial charge < -0.3 is 9.64 Å². The lowest BCUT2D eigenvalue weighted by molar-refractivity contribution is 0.0779. The summed E-state index contributed by atoms with van der Waals surface area (Å²) < 4.78 is 5.06. The molecule has 144 valence electrons. The van der Waals surface area contributed by atoms with Gasteiger partial charge in [-0.05, 0) is 31.5 Å². The molecule has 0 aliphatic rings. The third-order valence-electron chi connectivity index (χ3n) is 4.48. The van der Waals surface area contributed by atoms with Crippen LogP contribution in [0.3, 0.4) is 0 Å². The maximum Gasteiger partial charge on any atom is 0.253 e. The Labute approximate surface area is 166 Å². The highest BCUT2D eigenvalue weighted by Gasteiger charge is 2.13. The number of aromatic nitrogens is 2. The fourth-order valence-electron chi connectivity index (χ4n) is 3.01. The lowest BCUT2D eigenvalue weighted by Gasteiger charge is -2.17. The molecule has 3 rings (SSSR count). The van der Waals surface area contributed by atoms with Crippen LogP contribution < -0.4 is 0 Å². The molecule has 0 N–H and O–H groups in total. The molecule has 3 aromatic rings. The quantitative estimate of drug-likeness (QED) is 0.580. The van der Waals surface area contributed by atoms with Crippen molar-refractivity contribution in [3.8, 4) is 22.6 Å². The molecule has 0 atom stereocenters. The van der Waals surface area contributed by atoms with E-state index in [1.165, 1.54) is 0 Å². The minimum absolute atomic E-state index is 0.00739. The van der Waals surface area contributed by atoms with Gasteiger partial charge in [0.15, 0.2) is 5.82 Å². The summed E-state index contributed by atoms with van der Waals surface area (Å²) in [5.41, 5.74) is 4.21. The number of nitrogens with zero attached hydrogens (tertiary/aromatic N) is 3. The zero-order valence-corrected chi connectivity index (χ0v) is 16.6. The van der Waals surface area contributed by atoms with Gasteiger partial charge in [0, 0.05) is 49.7 Å². The van der Waals surface area contributed by atoms with Gasteiger partial charge >= 0.3 is 0 Å². The highest BCUT2D eigenvalue weighted by Crippen LogP contribution is 2.23. The van der Waals surface area contributed by atoms with Crippen LogP contribution in [-0.4, -0.2) is 48.1 Å². The molecule has 0 unspecified atom stereocenters. The Morgan fingerprint density at radius 3 is 2.50 bits per heavy atom. The molecular weight excluding hydrogens is 350 g/mol. The second-order valence-corrected chi connectivity index (χ2v) is 6.74. The van der Waals surface area contributed by atoms with Crippen molar-refractivity contribution in [1.82, 2.24) is 14.9 Å². The van der Waals surface area contributed by atoms with Gasteiger partial charge in [0.2, 0.25) is 0 Å². The van der Waals surface area contributed by atoms with Crippen molar-refractivity contribution in [2.45, 2.75) is 13.3 Å². The predicted molar refractivity (Wildman–Crippen MR) is 111 cm³/mol. The fraction of sp³-hybridized carbons (Fsp3) is 0.261. The first-order chi connectivity index (χ1) is 13.6. The summed E-state index contributed by atoms with van der Waals surface area (Å²) in [5, 5.41) is 0. The van der Waals surface area contributed by atoms with E-state index in [1.54, 1.807) is 12.0 Å². The molecule has 0 bridgehead atoms. The zero-order chi connectivity index (χ0) is 19.9. The van der Waals surface area contributed by atoms with Crippen LogP contribution in [0.2, 0.25) is 0 Å². The Morgan fingerprint density at radius 1 is 1.00 bits per heavy atom. The van der Waals surface area contributed by atoms with Crippen LogP contribution in [0.5, 0.6) is 0 Å². The van der Waals surface area contributed by atoms with Gasteiger partial charge in [-0.25, -0.2) is 9.97 Å². The van der Waals surface area contributed by atoms with Gasteiger partial charge in [-0.15, -0.1) is 0 Å². The van der Waals surface area contributed by atoms with Crippen LogP contribution in [0.15, 0.2) is 60.7 Å². The molecule has 1 amide bonds. The lowest BCUT2D eigenvalue weighted by atomic mass is 10.1. The van der Waals surface area contributed by atoms with E-state index in [2.05, 4.69) is 4.98 Å². The van der Waals surface area contributed by atoms with Crippen molar-refractivity contribution >= 4 is 5.91 Å². The average Bonchev–Trinajstić information content (AvgIpc) is 2.73. The third-order valence-corrected chi connectivity index (χ3v) is 4.48. The number of hydrogen-bond acceptors (Lipinski definition) is 4. The number of aryl methyl sites for hydroxylation is 1.